The van der Waals surface area contributed by atoms with E-state index in [1.165, 1.54) is 12.1 Å². The van der Waals surface area contributed by atoms with E-state index >= 15 is 0 Å². The van der Waals surface area contributed by atoms with Crippen molar-refractivity contribution in [2.45, 2.75) is 46.2 Å². The molecule has 2 heterocycles. The van der Waals surface area contributed by atoms with E-state index in [0.717, 1.165) is 29.9 Å². The molecule has 150 valence electrons. The molecule has 1 aromatic carbocycles. The first-order valence-electron chi connectivity index (χ1n) is 9.73. The van der Waals surface area contributed by atoms with E-state index in [1.807, 2.05) is 24.6 Å². The first-order valence-corrected chi connectivity index (χ1v) is 9.73. The van der Waals surface area contributed by atoms with Gasteiger partial charge in [0.1, 0.15) is 5.82 Å². The van der Waals surface area contributed by atoms with Crippen molar-refractivity contribution >= 4 is 11.8 Å². The van der Waals surface area contributed by atoms with Crippen molar-refractivity contribution in [1.29, 1.82) is 0 Å². The summed E-state index contributed by atoms with van der Waals surface area (Å²) in [6.45, 7) is 6.02. The van der Waals surface area contributed by atoms with Crippen molar-refractivity contribution in [3.63, 3.8) is 0 Å². The summed E-state index contributed by atoms with van der Waals surface area (Å²) in [6.07, 6.45) is 1.70. The first kappa shape index (κ1) is 20.0. The summed E-state index contributed by atoms with van der Waals surface area (Å²) in [5, 5.41) is 7.39. The summed E-state index contributed by atoms with van der Waals surface area (Å²) < 4.78 is 15.3. The molecule has 1 atom stereocenters. The average Bonchev–Trinajstić information content (AvgIpc) is 2.97. The third-order valence-corrected chi connectivity index (χ3v) is 5.08. The highest BCUT2D eigenvalue weighted by molar-refractivity contribution is 5.83. The predicted octanol–water partition coefficient (Wildman–Crippen LogP) is 2.58. The van der Waals surface area contributed by atoms with Crippen LogP contribution in [-0.4, -0.2) is 39.6 Å². The maximum atomic E-state index is 13.4. The van der Waals surface area contributed by atoms with E-state index in [-0.39, 0.29) is 23.5 Å². The van der Waals surface area contributed by atoms with Crippen LogP contribution >= 0.6 is 0 Å². The lowest BCUT2D eigenvalue weighted by atomic mass is 9.96. The topological polar surface area (TPSA) is 67.2 Å². The van der Waals surface area contributed by atoms with Crippen LogP contribution in [0.5, 0.6) is 0 Å². The Bertz CT molecular complexity index is 849. The number of aryl methyl sites for hydroxylation is 3. The summed E-state index contributed by atoms with van der Waals surface area (Å²) in [5.74, 6) is -0.554. The fourth-order valence-corrected chi connectivity index (χ4v) is 3.62. The van der Waals surface area contributed by atoms with Crippen molar-refractivity contribution in [3.8, 4) is 0 Å². The molecular formula is C21H27FN4O2. The lowest BCUT2D eigenvalue weighted by molar-refractivity contribution is -0.138. The zero-order chi connectivity index (χ0) is 20.1. The van der Waals surface area contributed by atoms with Gasteiger partial charge in [-0.25, -0.2) is 4.39 Å². The monoisotopic (exact) mass is 386 g/mol. The maximum absolute atomic E-state index is 13.4. The third-order valence-electron chi connectivity index (χ3n) is 5.08. The number of halogens is 1. The minimum absolute atomic E-state index is 0.0119. The highest BCUT2D eigenvalue weighted by Gasteiger charge is 2.30. The van der Waals surface area contributed by atoms with Gasteiger partial charge in [-0.3, -0.25) is 14.3 Å². The van der Waals surface area contributed by atoms with Gasteiger partial charge in [0, 0.05) is 38.3 Å². The quantitative estimate of drug-likeness (QED) is 0.744. The number of hydrogen-bond acceptors (Lipinski definition) is 3. The average molecular weight is 386 g/mol. The van der Waals surface area contributed by atoms with Crippen LogP contribution < -0.4 is 5.32 Å². The summed E-state index contributed by atoms with van der Waals surface area (Å²) in [5.41, 5.74) is 2.84. The Kier molecular flexibility index (Phi) is 6.44. The van der Waals surface area contributed by atoms with Crippen LogP contribution in [0.25, 0.3) is 0 Å². The van der Waals surface area contributed by atoms with E-state index in [2.05, 4.69) is 10.4 Å². The highest BCUT2D eigenvalue weighted by Crippen LogP contribution is 2.20. The maximum Gasteiger partial charge on any atom is 0.224 e. The number of nitrogens with zero attached hydrogens (tertiary/aromatic N) is 3. The fraction of sp³-hybridized carbons (Fsp3) is 0.476. The molecule has 1 aliphatic rings. The highest BCUT2D eigenvalue weighted by atomic mass is 19.1. The lowest BCUT2D eigenvalue weighted by Gasteiger charge is -2.32. The number of hydrogen-bond donors (Lipinski definition) is 1. The van der Waals surface area contributed by atoms with Crippen LogP contribution in [0.15, 0.2) is 30.3 Å². The van der Waals surface area contributed by atoms with Gasteiger partial charge in [0.05, 0.1) is 11.6 Å². The molecule has 0 bridgehead atoms. The molecule has 6 nitrogen and oxygen atoms in total. The zero-order valence-corrected chi connectivity index (χ0v) is 16.4. The van der Waals surface area contributed by atoms with Crippen LogP contribution in [0.2, 0.25) is 0 Å². The second-order valence-corrected chi connectivity index (χ2v) is 7.43. The second-order valence-electron chi connectivity index (χ2n) is 7.43. The van der Waals surface area contributed by atoms with E-state index in [1.54, 1.807) is 17.0 Å². The molecule has 1 aliphatic heterocycles. The molecule has 1 aromatic heterocycles. The molecule has 0 unspecified atom stereocenters. The molecule has 28 heavy (non-hydrogen) atoms. The number of carbonyl (C=O) groups excluding carboxylic acids is 2. The summed E-state index contributed by atoms with van der Waals surface area (Å²) >= 11 is 0. The minimum Gasteiger partial charge on any atom is -0.356 e. The number of carbonyl (C=O) groups is 2. The smallest absolute Gasteiger partial charge is 0.224 e. The van der Waals surface area contributed by atoms with Gasteiger partial charge in [0.2, 0.25) is 11.8 Å². The third kappa shape index (κ3) is 5.18. The molecule has 0 saturated carbocycles. The summed E-state index contributed by atoms with van der Waals surface area (Å²) in [6, 6.07) is 8.26. The fourth-order valence-electron chi connectivity index (χ4n) is 3.62. The minimum atomic E-state index is -0.320. The molecule has 0 spiro atoms. The van der Waals surface area contributed by atoms with E-state index in [9.17, 15) is 14.0 Å². The van der Waals surface area contributed by atoms with Gasteiger partial charge in [-0.1, -0.05) is 12.1 Å². The molecule has 0 radical (unpaired) electrons. The Morgan fingerprint density at radius 3 is 2.86 bits per heavy atom. The van der Waals surface area contributed by atoms with Gasteiger partial charge < -0.3 is 10.2 Å². The Morgan fingerprint density at radius 2 is 2.14 bits per heavy atom. The molecule has 2 amide bonds. The number of aromatic nitrogens is 2. The van der Waals surface area contributed by atoms with Crippen molar-refractivity contribution in [1.82, 2.24) is 20.0 Å². The van der Waals surface area contributed by atoms with Crippen LogP contribution in [0.1, 0.15) is 36.2 Å². The first-order chi connectivity index (χ1) is 13.4. The van der Waals surface area contributed by atoms with Gasteiger partial charge in [-0.05, 0) is 50.5 Å². The van der Waals surface area contributed by atoms with Gasteiger partial charge in [-0.2, -0.15) is 5.10 Å². The normalized spacial score (nSPS) is 17.0. The van der Waals surface area contributed by atoms with Crippen LogP contribution in [0.3, 0.4) is 0 Å². The molecular weight excluding hydrogens is 359 g/mol. The standard InChI is InChI=1S/C21H27FN4O2/c1-15-11-16(2)26(24-15)10-4-9-23-21(28)18-7-8-20(27)25(14-18)13-17-5-3-6-19(22)12-17/h3,5-6,11-12,18H,4,7-10,13-14H2,1-2H3,(H,23,28)/t18-/m1/s1. The van der Waals surface area contributed by atoms with E-state index < -0.39 is 0 Å². The van der Waals surface area contributed by atoms with Crippen molar-refractivity contribution in [3.05, 3.63) is 53.1 Å². The molecule has 2 aromatic rings. The van der Waals surface area contributed by atoms with Crippen LogP contribution in [-0.2, 0) is 22.7 Å². The van der Waals surface area contributed by atoms with Crippen molar-refractivity contribution in [2.24, 2.45) is 5.92 Å². The Balaban J connectivity index is 1.47. The lowest BCUT2D eigenvalue weighted by Crippen LogP contribution is -2.45. The Morgan fingerprint density at radius 1 is 1.32 bits per heavy atom. The number of piperidine rings is 1. The van der Waals surface area contributed by atoms with E-state index in [4.69, 9.17) is 0 Å². The number of nitrogens with one attached hydrogen (secondary N) is 1. The van der Waals surface area contributed by atoms with Gasteiger partial charge in [-0.15, -0.1) is 0 Å². The number of likely N-dealkylation sites (tertiary alicyclic amines) is 1. The molecule has 3 rings (SSSR count). The van der Waals surface area contributed by atoms with Crippen molar-refractivity contribution in [2.75, 3.05) is 13.1 Å². The molecule has 7 heteroatoms. The van der Waals surface area contributed by atoms with E-state index in [0.29, 0.717) is 32.5 Å². The summed E-state index contributed by atoms with van der Waals surface area (Å²) in [7, 11) is 0. The number of rotatable bonds is 7. The van der Waals surface area contributed by atoms with Gasteiger partial charge in [0.25, 0.3) is 0 Å². The largest absolute Gasteiger partial charge is 0.356 e. The number of amides is 2. The number of benzene rings is 1. The van der Waals surface area contributed by atoms with Crippen molar-refractivity contribution < 1.29 is 14.0 Å². The summed E-state index contributed by atoms with van der Waals surface area (Å²) in [4.78, 5) is 26.4. The second kappa shape index (κ2) is 8.99. The van der Waals surface area contributed by atoms with Crippen LogP contribution in [0.4, 0.5) is 4.39 Å². The predicted molar refractivity (Wildman–Crippen MR) is 104 cm³/mol. The SMILES string of the molecule is Cc1cc(C)n(CCCNC(=O)[C@@H]2CCC(=O)N(Cc3cccc(F)c3)C2)n1. The van der Waals surface area contributed by atoms with Crippen LogP contribution in [0, 0.1) is 25.6 Å². The van der Waals surface area contributed by atoms with Gasteiger partial charge >= 0.3 is 0 Å². The molecule has 1 fully saturated rings. The zero-order valence-electron chi connectivity index (χ0n) is 16.4. The molecule has 1 N–H and O–H groups in total. The Labute approximate surface area is 164 Å². The molecule has 0 aliphatic carbocycles. The van der Waals surface area contributed by atoms with Gasteiger partial charge in [0.15, 0.2) is 0 Å². The molecule has 1 saturated heterocycles. The Hall–Kier alpha value is -2.70.